The number of rotatable bonds is 9. The predicted molar refractivity (Wildman–Crippen MR) is 126 cm³/mol. The molecule has 1 aromatic rings. The first-order chi connectivity index (χ1) is 11.8. The number of aliphatic imine (C=N–C) groups is 1. The van der Waals surface area contributed by atoms with Crippen LogP contribution < -0.4 is 15.5 Å². The lowest BCUT2D eigenvalue weighted by Gasteiger charge is -2.30. The maximum absolute atomic E-state index is 4.73. The summed E-state index contributed by atoms with van der Waals surface area (Å²) in [6, 6.07) is 9.61. The first-order valence-corrected chi connectivity index (χ1v) is 9.39. The molecule has 0 bridgehead atoms. The number of guanidine groups is 1. The predicted octanol–water partition coefficient (Wildman–Crippen LogP) is 3.54. The molecule has 0 radical (unpaired) electrons. The second kappa shape index (κ2) is 13.2. The molecule has 6 heteroatoms. The van der Waals surface area contributed by atoms with Crippen molar-refractivity contribution in [1.82, 2.24) is 15.5 Å². The lowest BCUT2D eigenvalue weighted by Crippen LogP contribution is -2.45. The highest BCUT2D eigenvalue weighted by Gasteiger charge is 2.12. The van der Waals surface area contributed by atoms with E-state index < -0.39 is 0 Å². The summed E-state index contributed by atoms with van der Waals surface area (Å²) in [6.07, 6.45) is 0. The quantitative estimate of drug-likeness (QED) is 0.326. The van der Waals surface area contributed by atoms with Gasteiger partial charge in [-0.25, -0.2) is 4.99 Å². The Bertz CT molecular complexity index is 521. The van der Waals surface area contributed by atoms with E-state index in [0.717, 1.165) is 25.6 Å². The molecule has 5 nitrogen and oxygen atoms in total. The Hall–Kier alpha value is -1.02. The van der Waals surface area contributed by atoms with Crippen molar-refractivity contribution in [2.24, 2.45) is 4.99 Å². The normalized spacial score (nSPS) is 11.7. The molecule has 0 aliphatic rings. The van der Waals surface area contributed by atoms with E-state index in [-0.39, 0.29) is 24.0 Å². The summed E-state index contributed by atoms with van der Waals surface area (Å²) in [5, 5.41) is 6.79. The van der Waals surface area contributed by atoms with Gasteiger partial charge in [-0.2, -0.15) is 0 Å². The van der Waals surface area contributed by atoms with Gasteiger partial charge in [0.05, 0.1) is 6.54 Å². The molecule has 1 rings (SSSR count). The van der Waals surface area contributed by atoms with Crippen molar-refractivity contribution < 1.29 is 0 Å². The van der Waals surface area contributed by atoms with Crippen molar-refractivity contribution in [2.45, 2.75) is 53.2 Å². The Kier molecular flexibility index (Phi) is 12.7. The third-order valence-electron chi connectivity index (χ3n) is 4.18. The second-order valence-corrected chi connectivity index (χ2v) is 7.11. The molecule has 1 aromatic carbocycles. The summed E-state index contributed by atoms with van der Waals surface area (Å²) < 4.78 is 0. The van der Waals surface area contributed by atoms with Crippen molar-refractivity contribution in [2.75, 3.05) is 38.6 Å². The monoisotopic (exact) mass is 475 g/mol. The SMILES string of the molecule is CCNC(=NCc1cccc(N(C)C)c1)NCCN(C(C)C)C(C)C.I. The highest BCUT2D eigenvalue weighted by molar-refractivity contribution is 14.0. The van der Waals surface area contributed by atoms with Crippen molar-refractivity contribution in [3.8, 4) is 0 Å². The molecule has 0 atom stereocenters. The molecule has 0 aliphatic heterocycles. The summed E-state index contributed by atoms with van der Waals surface area (Å²) in [7, 11) is 4.12. The highest BCUT2D eigenvalue weighted by Crippen LogP contribution is 2.13. The van der Waals surface area contributed by atoms with E-state index in [9.17, 15) is 0 Å². The van der Waals surface area contributed by atoms with Gasteiger partial charge in [-0.1, -0.05) is 12.1 Å². The zero-order chi connectivity index (χ0) is 18.8. The van der Waals surface area contributed by atoms with Crippen LogP contribution in [0.1, 0.15) is 40.2 Å². The van der Waals surface area contributed by atoms with Gasteiger partial charge in [-0.05, 0) is 52.3 Å². The van der Waals surface area contributed by atoms with Gasteiger partial charge in [-0.3, -0.25) is 4.90 Å². The highest BCUT2D eigenvalue weighted by atomic mass is 127. The fourth-order valence-electron chi connectivity index (χ4n) is 2.86. The van der Waals surface area contributed by atoms with Gasteiger partial charge in [0.25, 0.3) is 0 Å². The molecule has 0 heterocycles. The van der Waals surface area contributed by atoms with E-state index in [0.29, 0.717) is 18.6 Å². The van der Waals surface area contributed by atoms with Gasteiger partial charge in [0.1, 0.15) is 0 Å². The summed E-state index contributed by atoms with van der Waals surface area (Å²) in [5.41, 5.74) is 2.42. The first-order valence-electron chi connectivity index (χ1n) is 9.39. The van der Waals surface area contributed by atoms with Crippen molar-refractivity contribution in [3.05, 3.63) is 29.8 Å². The van der Waals surface area contributed by atoms with Crippen molar-refractivity contribution in [1.29, 1.82) is 0 Å². The largest absolute Gasteiger partial charge is 0.378 e. The van der Waals surface area contributed by atoms with E-state index in [1.165, 1.54) is 11.3 Å². The van der Waals surface area contributed by atoms with E-state index in [2.05, 4.69) is 93.4 Å². The molecular weight excluding hydrogens is 437 g/mol. The maximum atomic E-state index is 4.73. The minimum atomic E-state index is 0. The van der Waals surface area contributed by atoms with Crippen LogP contribution in [0.2, 0.25) is 0 Å². The zero-order valence-corrected chi connectivity index (χ0v) is 19.9. The molecule has 0 saturated carbocycles. The smallest absolute Gasteiger partial charge is 0.191 e. The number of anilines is 1. The van der Waals surface area contributed by atoms with E-state index >= 15 is 0 Å². The fourth-order valence-corrected chi connectivity index (χ4v) is 2.86. The topological polar surface area (TPSA) is 42.9 Å². The summed E-state index contributed by atoms with van der Waals surface area (Å²) in [4.78, 5) is 9.33. The fraction of sp³-hybridized carbons (Fsp3) is 0.650. The van der Waals surface area contributed by atoms with Crippen LogP contribution in [0.5, 0.6) is 0 Å². The Morgan fingerprint density at radius 1 is 1.08 bits per heavy atom. The Morgan fingerprint density at radius 2 is 1.73 bits per heavy atom. The molecule has 0 aliphatic carbocycles. The van der Waals surface area contributed by atoms with Crippen LogP contribution in [0.3, 0.4) is 0 Å². The minimum absolute atomic E-state index is 0. The van der Waals surface area contributed by atoms with Gasteiger partial charge in [0.15, 0.2) is 5.96 Å². The number of benzene rings is 1. The molecule has 0 unspecified atom stereocenters. The van der Waals surface area contributed by atoms with Crippen molar-refractivity contribution in [3.63, 3.8) is 0 Å². The summed E-state index contributed by atoms with van der Waals surface area (Å²) >= 11 is 0. The standard InChI is InChI=1S/C20H37N5.HI/c1-8-21-20(22-12-13-25(16(2)3)17(4)5)23-15-18-10-9-11-19(14-18)24(6)7;/h9-11,14,16-17H,8,12-13,15H2,1-7H3,(H2,21,22,23);1H. The average Bonchev–Trinajstić information content (AvgIpc) is 2.55. The van der Waals surface area contributed by atoms with E-state index in [4.69, 9.17) is 4.99 Å². The van der Waals surface area contributed by atoms with Gasteiger partial charge in [0.2, 0.25) is 0 Å². The number of hydrogen-bond acceptors (Lipinski definition) is 3. The van der Waals surface area contributed by atoms with Crippen LogP contribution in [-0.2, 0) is 6.54 Å². The van der Waals surface area contributed by atoms with Gasteiger partial charge < -0.3 is 15.5 Å². The first kappa shape index (κ1) is 25.0. The molecule has 0 saturated heterocycles. The van der Waals surface area contributed by atoms with Crippen LogP contribution in [0, 0.1) is 0 Å². The molecule has 150 valence electrons. The summed E-state index contributed by atoms with van der Waals surface area (Å²) in [5.74, 6) is 0.880. The van der Waals surface area contributed by atoms with E-state index in [1.807, 2.05) is 0 Å². The Labute approximate surface area is 177 Å². The minimum Gasteiger partial charge on any atom is -0.378 e. The molecule has 0 fully saturated rings. The number of nitrogens with zero attached hydrogens (tertiary/aromatic N) is 3. The van der Waals surface area contributed by atoms with Crippen LogP contribution in [0.25, 0.3) is 0 Å². The molecular formula is C20H38IN5. The number of hydrogen-bond donors (Lipinski definition) is 2. The number of nitrogens with one attached hydrogen (secondary N) is 2. The van der Waals surface area contributed by atoms with E-state index in [1.54, 1.807) is 0 Å². The lowest BCUT2D eigenvalue weighted by atomic mass is 10.2. The second-order valence-electron chi connectivity index (χ2n) is 7.11. The lowest BCUT2D eigenvalue weighted by molar-refractivity contribution is 0.178. The molecule has 2 N–H and O–H groups in total. The molecule has 26 heavy (non-hydrogen) atoms. The molecule has 0 spiro atoms. The Balaban J connectivity index is 0.00000625. The zero-order valence-electron chi connectivity index (χ0n) is 17.5. The van der Waals surface area contributed by atoms with Gasteiger partial charge >= 0.3 is 0 Å². The van der Waals surface area contributed by atoms with Gasteiger partial charge in [-0.15, -0.1) is 24.0 Å². The van der Waals surface area contributed by atoms with Crippen LogP contribution >= 0.6 is 24.0 Å². The maximum Gasteiger partial charge on any atom is 0.191 e. The Morgan fingerprint density at radius 3 is 2.27 bits per heavy atom. The molecule has 0 aromatic heterocycles. The van der Waals surface area contributed by atoms with Crippen molar-refractivity contribution >= 4 is 35.6 Å². The van der Waals surface area contributed by atoms with Crippen LogP contribution in [-0.4, -0.2) is 56.7 Å². The summed E-state index contributed by atoms with van der Waals surface area (Å²) in [6.45, 7) is 14.5. The van der Waals surface area contributed by atoms with Gasteiger partial charge in [0, 0.05) is 51.5 Å². The van der Waals surface area contributed by atoms with Crippen LogP contribution in [0.15, 0.2) is 29.3 Å². The number of halogens is 1. The third kappa shape index (κ3) is 9.07. The van der Waals surface area contributed by atoms with Crippen LogP contribution in [0.4, 0.5) is 5.69 Å². The average molecular weight is 475 g/mol. The third-order valence-corrected chi connectivity index (χ3v) is 4.18. The molecule has 0 amide bonds.